The lowest BCUT2D eigenvalue weighted by Crippen LogP contribution is -2.24. The first-order chi connectivity index (χ1) is 13.1. The van der Waals surface area contributed by atoms with E-state index in [9.17, 15) is 9.59 Å². The Hall–Kier alpha value is -2.36. The van der Waals surface area contributed by atoms with Crippen LogP contribution in [0.1, 0.15) is 11.3 Å². The van der Waals surface area contributed by atoms with Crippen molar-refractivity contribution in [3.05, 3.63) is 52.1 Å². The van der Waals surface area contributed by atoms with Gasteiger partial charge in [0.15, 0.2) is 0 Å². The molecule has 0 aliphatic heterocycles. The highest BCUT2D eigenvalue weighted by Gasteiger charge is 2.07. The summed E-state index contributed by atoms with van der Waals surface area (Å²) in [4.78, 5) is 30.1. The standard InChI is InChI=1S/C18H23N3O5S/c1-24-7-8-26-11-14-9-17(21-18(23)20-14)27-12-16(22)19-10-13-3-5-15(25-2)6-4-13/h3-6,9H,7-8,10-12H2,1-2H3,(H,19,22)(H,20,21,23). The molecule has 1 heterocycles. The van der Waals surface area contributed by atoms with Gasteiger partial charge in [-0.05, 0) is 23.8 Å². The maximum Gasteiger partial charge on any atom is 0.346 e. The molecule has 0 fully saturated rings. The SMILES string of the molecule is COCCOCc1cc(SCC(=O)NCc2ccc(OC)cc2)nc(=O)[nH]1. The van der Waals surface area contributed by atoms with E-state index in [1.165, 1.54) is 11.8 Å². The van der Waals surface area contributed by atoms with Gasteiger partial charge >= 0.3 is 5.69 Å². The van der Waals surface area contributed by atoms with Crippen LogP contribution in [0.25, 0.3) is 0 Å². The summed E-state index contributed by atoms with van der Waals surface area (Å²) in [6.45, 7) is 1.57. The summed E-state index contributed by atoms with van der Waals surface area (Å²) >= 11 is 1.20. The molecule has 146 valence electrons. The molecule has 2 N–H and O–H groups in total. The molecule has 9 heteroatoms. The van der Waals surface area contributed by atoms with Gasteiger partial charge in [-0.25, -0.2) is 4.79 Å². The number of ether oxygens (including phenoxy) is 3. The van der Waals surface area contributed by atoms with Gasteiger partial charge in [-0.15, -0.1) is 0 Å². The number of nitrogens with zero attached hydrogens (tertiary/aromatic N) is 1. The largest absolute Gasteiger partial charge is 0.497 e. The second-order valence-electron chi connectivity index (χ2n) is 5.51. The zero-order chi connectivity index (χ0) is 19.5. The summed E-state index contributed by atoms with van der Waals surface area (Å²) < 4.78 is 15.4. The van der Waals surface area contributed by atoms with Crippen LogP contribution in [0, 0.1) is 0 Å². The Bertz CT molecular complexity index is 779. The van der Waals surface area contributed by atoms with Gasteiger partial charge in [-0.3, -0.25) is 4.79 Å². The van der Waals surface area contributed by atoms with Gasteiger partial charge in [0.25, 0.3) is 0 Å². The summed E-state index contributed by atoms with van der Waals surface area (Å²) in [6.07, 6.45) is 0. The number of nitrogens with one attached hydrogen (secondary N) is 2. The summed E-state index contributed by atoms with van der Waals surface area (Å²) in [5, 5.41) is 3.31. The number of carbonyl (C=O) groups excluding carboxylic acids is 1. The zero-order valence-corrected chi connectivity index (χ0v) is 16.1. The summed E-state index contributed by atoms with van der Waals surface area (Å²) in [5.41, 5.74) is 1.11. The van der Waals surface area contributed by atoms with Crippen LogP contribution < -0.4 is 15.7 Å². The highest BCUT2D eigenvalue weighted by Crippen LogP contribution is 2.15. The van der Waals surface area contributed by atoms with Crippen molar-refractivity contribution in [1.82, 2.24) is 15.3 Å². The molecule has 2 aromatic rings. The Balaban J connectivity index is 1.79. The van der Waals surface area contributed by atoms with Crippen molar-refractivity contribution in [3.63, 3.8) is 0 Å². The van der Waals surface area contributed by atoms with E-state index >= 15 is 0 Å². The van der Waals surface area contributed by atoms with Crippen molar-refractivity contribution >= 4 is 17.7 Å². The van der Waals surface area contributed by atoms with E-state index in [0.29, 0.717) is 30.5 Å². The Kier molecular flexibility index (Phi) is 8.82. The van der Waals surface area contributed by atoms with Crippen molar-refractivity contribution in [2.45, 2.75) is 18.2 Å². The van der Waals surface area contributed by atoms with Crippen LogP contribution in [-0.2, 0) is 27.4 Å². The van der Waals surface area contributed by atoms with E-state index in [2.05, 4.69) is 15.3 Å². The molecule has 0 aliphatic carbocycles. The number of aromatic nitrogens is 2. The molecule has 2 rings (SSSR count). The van der Waals surface area contributed by atoms with E-state index < -0.39 is 5.69 Å². The fourth-order valence-corrected chi connectivity index (χ4v) is 2.85. The molecular formula is C18H23N3O5S. The number of carbonyl (C=O) groups is 1. The van der Waals surface area contributed by atoms with Gasteiger partial charge < -0.3 is 24.5 Å². The molecule has 0 bridgehead atoms. The minimum atomic E-state index is -0.469. The average Bonchev–Trinajstić information content (AvgIpc) is 2.68. The van der Waals surface area contributed by atoms with Gasteiger partial charge in [0.05, 0.1) is 32.7 Å². The fourth-order valence-electron chi connectivity index (χ4n) is 2.09. The number of rotatable bonds is 11. The number of hydrogen-bond donors (Lipinski definition) is 2. The first-order valence-electron chi connectivity index (χ1n) is 8.30. The summed E-state index contributed by atoms with van der Waals surface area (Å²) in [7, 11) is 3.19. The molecule has 0 unspecified atom stereocenters. The van der Waals surface area contributed by atoms with E-state index in [1.807, 2.05) is 24.3 Å². The third kappa shape index (κ3) is 7.81. The lowest BCUT2D eigenvalue weighted by Gasteiger charge is -2.07. The van der Waals surface area contributed by atoms with E-state index in [0.717, 1.165) is 11.3 Å². The van der Waals surface area contributed by atoms with Gasteiger partial charge in [0, 0.05) is 19.3 Å². The quantitative estimate of drug-likeness (QED) is 0.337. The first kappa shape index (κ1) is 20.9. The van der Waals surface area contributed by atoms with Crippen molar-refractivity contribution < 1.29 is 19.0 Å². The predicted octanol–water partition coefficient (Wildman–Crippen LogP) is 1.35. The minimum absolute atomic E-state index is 0.143. The highest BCUT2D eigenvalue weighted by molar-refractivity contribution is 7.99. The van der Waals surface area contributed by atoms with E-state index in [4.69, 9.17) is 14.2 Å². The Morgan fingerprint density at radius 2 is 2.00 bits per heavy atom. The fraction of sp³-hybridized carbons (Fsp3) is 0.389. The van der Waals surface area contributed by atoms with Crippen LogP contribution in [-0.4, -0.2) is 49.1 Å². The Morgan fingerprint density at radius 1 is 1.22 bits per heavy atom. The maximum absolute atomic E-state index is 12.0. The van der Waals surface area contributed by atoms with Crippen molar-refractivity contribution in [2.75, 3.05) is 33.2 Å². The molecule has 0 aliphatic rings. The van der Waals surface area contributed by atoms with Crippen molar-refractivity contribution in [3.8, 4) is 5.75 Å². The smallest absolute Gasteiger partial charge is 0.346 e. The monoisotopic (exact) mass is 393 g/mol. The van der Waals surface area contributed by atoms with Gasteiger partial charge in [-0.1, -0.05) is 23.9 Å². The predicted molar refractivity (Wildman–Crippen MR) is 102 cm³/mol. The van der Waals surface area contributed by atoms with Crippen molar-refractivity contribution in [1.29, 1.82) is 0 Å². The lowest BCUT2D eigenvalue weighted by atomic mass is 10.2. The maximum atomic E-state index is 12.0. The van der Waals surface area contributed by atoms with Crippen LogP contribution in [0.4, 0.5) is 0 Å². The normalized spacial score (nSPS) is 10.6. The van der Waals surface area contributed by atoms with Crippen LogP contribution in [0.5, 0.6) is 5.75 Å². The minimum Gasteiger partial charge on any atom is -0.497 e. The summed E-state index contributed by atoms with van der Waals surface area (Å²) in [5.74, 6) is 0.787. The molecule has 1 aromatic heterocycles. The number of amides is 1. The summed E-state index contributed by atoms with van der Waals surface area (Å²) in [6, 6.07) is 9.16. The van der Waals surface area contributed by atoms with Gasteiger partial charge in [0.2, 0.25) is 5.91 Å². The second kappa shape index (κ2) is 11.4. The number of methoxy groups -OCH3 is 2. The Morgan fingerprint density at radius 3 is 2.70 bits per heavy atom. The lowest BCUT2D eigenvalue weighted by molar-refractivity contribution is -0.118. The van der Waals surface area contributed by atoms with Gasteiger partial charge in [-0.2, -0.15) is 4.98 Å². The number of H-pyrrole nitrogens is 1. The number of benzene rings is 1. The molecule has 0 radical (unpaired) electrons. The van der Waals surface area contributed by atoms with Gasteiger partial charge in [0.1, 0.15) is 10.8 Å². The third-order valence-corrected chi connectivity index (χ3v) is 4.38. The zero-order valence-electron chi connectivity index (χ0n) is 15.3. The van der Waals surface area contributed by atoms with Crippen LogP contribution in [0.15, 0.2) is 40.2 Å². The number of thioether (sulfide) groups is 1. The van der Waals surface area contributed by atoms with Crippen LogP contribution >= 0.6 is 11.8 Å². The van der Waals surface area contributed by atoms with Crippen LogP contribution in [0.2, 0.25) is 0 Å². The molecule has 27 heavy (non-hydrogen) atoms. The molecular weight excluding hydrogens is 370 g/mol. The molecule has 0 atom stereocenters. The average molecular weight is 393 g/mol. The number of hydrogen-bond acceptors (Lipinski definition) is 7. The van der Waals surface area contributed by atoms with Crippen molar-refractivity contribution in [2.24, 2.45) is 0 Å². The molecule has 8 nitrogen and oxygen atoms in total. The highest BCUT2D eigenvalue weighted by atomic mass is 32.2. The van der Waals surface area contributed by atoms with Crippen LogP contribution in [0.3, 0.4) is 0 Å². The van der Waals surface area contributed by atoms with E-state index in [-0.39, 0.29) is 18.3 Å². The topological polar surface area (TPSA) is 103 Å². The van der Waals surface area contributed by atoms with E-state index in [1.54, 1.807) is 20.3 Å². The first-order valence-corrected chi connectivity index (χ1v) is 9.28. The number of aromatic amines is 1. The Labute approximate surface area is 161 Å². The third-order valence-electron chi connectivity index (χ3n) is 3.47. The molecule has 0 spiro atoms. The molecule has 1 amide bonds. The molecule has 1 aromatic carbocycles. The molecule has 0 saturated heterocycles. The molecule has 0 saturated carbocycles. The second-order valence-corrected chi connectivity index (χ2v) is 6.50.